The summed E-state index contributed by atoms with van der Waals surface area (Å²) in [5.74, 6) is 0.749. The lowest BCUT2D eigenvalue weighted by Crippen LogP contribution is -2.32. The zero-order valence-corrected chi connectivity index (χ0v) is 17.4. The Labute approximate surface area is 170 Å². The Kier molecular flexibility index (Phi) is 5.53. The van der Waals surface area contributed by atoms with Crippen LogP contribution in [0.5, 0.6) is 0 Å². The van der Waals surface area contributed by atoms with Gasteiger partial charge in [0.2, 0.25) is 10.0 Å². The highest BCUT2D eigenvalue weighted by Gasteiger charge is 2.35. The van der Waals surface area contributed by atoms with Gasteiger partial charge in [-0.2, -0.15) is 5.10 Å². The van der Waals surface area contributed by atoms with E-state index in [0.717, 1.165) is 17.0 Å². The molecule has 8 nitrogen and oxygen atoms in total. The van der Waals surface area contributed by atoms with E-state index in [0.29, 0.717) is 19.8 Å². The molecule has 1 aliphatic rings. The Morgan fingerprint density at radius 2 is 2.03 bits per heavy atom. The van der Waals surface area contributed by atoms with Crippen LogP contribution in [0.15, 0.2) is 55.1 Å². The van der Waals surface area contributed by atoms with Crippen molar-refractivity contribution in [3.63, 3.8) is 0 Å². The third kappa shape index (κ3) is 4.26. The molecule has 2 aromatic heterocycles. The topological polar surface area (TPSA) is 82.3 Å². The summed E-state index contributed by atoms with van der Waals surface area (Å²) in [4.78, 5) is 4.56. The van der Waals surface area contributed by atoms with Crippen molar-refractivity contribution in [1.29, 1.82) is 0 Å². The molecule has 1 aliphatic heterocycles. The van der Waals surface area contributed by atoms with Gasteiger partial charge in [0.1, 0.15) is 5.82 Å². The maximum absolute atomic E-state index is 12.4. The first-order chi connectivity index (χ1) is 13.9. The second-order valence-corrected chi connectivity index (χ2v) is 9.72. The lowest BCUT2D eigenvalue weighted by molar-refractivity contribution is 0.182. The molecule has 29 heavy (non-hydrogen) atoms. The molecule has 0 unspecified atom stereocenters. The molecule has 1 aromatic carbocycles. The Bertz CT molecular complexity index is 1060. The van der Waals surface area contributed by atoms with Crippen LogP contribution in [0.3, 0.4) is 0 Å². The molecule has 1 saturated heterocycles. The van der Waals surface area contributed by atoms with Crippen LogP contribution in [0.2, 0.25) is 0 Å². The Balaban J connectivity index is 1.60. The van der Waals surface area contributed by atoms with Crippen LogP contribution in [-0.4, -0.2) is 65.1 Å². The van der Waals surface area contributed by atoms with E-state index in [2.05, 4.69) is 26.8 Å². The number of ether oxygens (including phenoxy) is 1. The van der Waals surface area contributed by atoms with Crippen LogP contribution in [0.1, 0.15) is 11.6 Å². The summed E-state index contributed by atoms with van der Waals surface area (Å²) >= 11 is 0. The smallest absolute Gasteiger partial charge is 0.214 e. The molecular formula is C20H25N5O3S. The molecule has 0 N–H and O–H groups in total. The molecule has 154 valence electrons. The number of rotatable bonds is 7. The highest BCUT2D eigenvalue weighted by Crippen LogP contribution is 2.32. The predicted molar refractivity (Wildman–Crippen MR) is 110 cm³/mol. The van der Waals surface area contributed by atoms with E-state index in [1.165, 1.54) is 4.31 Å². The number of sulfonamides is 1. The van der Waals surface area contributed by atoms with Gasteiger partial charge in [0.05, 0.1) is 31.6 Å². The average molecular weight is 416 g/mol. The minimum atomic E-state index is -3.31. The maximum Gasteiger partial charge on any atom is 0.214 e. The van der Waals surface area contributed by atoms with Crippen molar-refractivity contribution in [3.8, 4) is 11.4 Å². The fourth-order valence-electron chi connectivity index (χ4n) is 3.67. The van der Waals surface area contributed by atoms with Crippen molar-refractivity contribution < 1.29 is 13.2 Å². The molecule has 9 heteroatoms. The minimum Gasteiger partial charge on any atom is -0.379 e. The van der Waals surface area contributed by atoms with Gasteiger partial charge >= 0.3 is 0 Å². The first kappa shape index (κ1) is 19.8. The normalized spacial score (nSPS) is 19.8. The number of hydrogen-bond acceptors (Lipinski definition) is 5. The summed E-state index contributed by atoms with van der Waals surface area (Å²) in [7, 11) is -0.182. The van der Waals surface area contributed by atoms with E-state index in [-0.39, 0.29) is 17.7 Å². The molecule has 1 fully saturated rings. The maximum atomic E-state index is 12.4. The third-order valence-electron chi connectivity index (χ3n) is 5.26. The summed E-state index contributed by atoms with van der Waals surface area (Å²) in [6, 6.07) is 10.0. The molecular weight excluding hydrogens is 390 g/mol. The first-order valence-corrected chi connectivity index (χ1v) is 11.1. The van der Waals surface area contributed by atoms with Gasteiger partial charge in [-0.25, -0.2) is 17.7 Å². The molecule has 2 atom stereocenters. The van der Waals surface area contributed by atoms with Crippen molar-refractivity contribution in [2.45, 2.75) is 12.6 Å². The van der Waals surface area contributed by atoms with Crippen molar-refractivity contribution in [2.75, 3.05) is 33.1 Å². The molecule has 3 aromatic rings. The van der Waals surface area contributed by atoms with Gasteiger partial charge in [0.25, 0.3) is 0 Å². The van der Waals surface area contributed by atoms with Crippen LogP contribution in [0.25, 0.3) is 11.4 Å². The molecule has 0 aliphatic carbocycles. The monoisotopic (exact) mass is 415 g/mol. The van der Waals surface area contributed by atoms with Crippen molar-refractivity contribution >= 4 is 10.0 Å². The minimum absolute atomic E-state index is 0.0572. The molecule has 0 amide bonds. The summed E-state index contributed by atoms with van der Waals surface area (Å²) in [6.45, 7) is 1.58. The number of hydrogen-bond donors (Lipinski definition) is 0. The van der Waals surface area contributed by atoms with Gasteiger partial charge < -0.3 is 9.30 Å². The molecule has 0 radical (unpaired) electrons. The molecule has 0 spiro atoms. The fraction of sp³-hybridized carbons (Fsp3) is 0.400. The first-order valence-electron chi connectivity index (χ1n) is 9.51. The summed E-state index contributed by atoms with van der Waals surface area (Å²) in [5.41, 5.74) is 2.11. The second kappa shape index (κ2) is 8.10. The number of aromatic nitrogens is 4. The van der Waals surface area contributed by atoms with Crippen molar-refractivity contribution in [3.05, 3.63) is 60.7 Å². The van der Waals surface area contributed by atoms with E-state index in [4.69, 9.17) is 4.74 Å². The summed E-state index contributed by atoms with van der Waals surface area (Å²) < 4.78 is 35.6. The number of benzene rings is 1. The SMILES string of the molecule is CN(C)S(=O)(=O)C[C@H]1COC[C@H]1n1ccnc1-c1cccc(Cn2cccn2)c1. The lowest BCUT2D eigenvalue weighted by atomic mass is 10.0. The van der Waals surface area contributed by atoms with Crippen molar-refractivity contribution in [1.82, 2.24) is 23.6 Å². The van der Waals surface area contributed by atoms with E-state index in [1.807, 2.05) is 35.3 Å². The standard InChI is InChI=1S/C20H25N5O3S/c1-23(2)29(26,27)15-18-13-28-14-19(18)25-10-8-21-20(25)17-6-3-5-16(11-17)12-24-9-4-7-22-24/h3-11,18-19H,12-15H2,1-2H3/t18-,19-/m1/s1. The zero-order chi connectivity index (χ0) is 20.4. The number of nitrogens with zero attached hydrogens (tertiary/aromatic N) is 5. The quantitative estimate of drug-likeness (QED) is 0.588. The van der Waals surface area contributed by atoms with Gasteiger partial charge in [-0.1, -0.05) is 18.2 Å². The fourth-order valence-corrected chi connectivity index (χ4v) is 4.83. The van der Waals surface area contributed by atoms with Gasteiger partial charge in [0.15, 0.2) is 0 Å². The molecule has 0 saturated carbocycles. The van der Waals surface area contributed by atoms with Gasteiger partial charge in [-0.05, 0) is 17.7 Å². The summed E-state index contributed by atoms with van der Waals surface area (Å²) in [6.07, 6.45) is 7.35. The van der Waals surface area contributed by atoms with E-state index < -0.39 is 10.0 Å². The number of imidazole rings is 1. The molecule has 4 rings (SSSR count). The average Bonchev–Trinajstić information content (AvgIpc) is 3.42. The van der Waals surface area contributed by atoms with E-state index >= 15 is 0 Å². The highest BCUT2D eigenvalue weighted by molar-refractivity contribution is 7.89. The largest absolute Gasteiger partial charge is 0.379 e. The van der Waals surface area contributed by atoms with Gasteiger partial charge in [-0.3, -0.25) is 4.68 Å². The van der Waals surface area contributed by atoms with Gasteiger partial charge in [-0.15, -0.1) is 0 Å². The van der Waals surface area contributed by atoms with Crippen LogP contribution in [0.4, 0.5) is 0 Å². The van der Waals surface area contributed by atoms with Crippen LogP contribution >= 0.6 is 0 Å². The van der Waals surface area contributed by atoms with E-state index in [1.54, 1.807) is 26.5 Å². The zero-order valence-electron chi connectivity index (χ0n) is 16.5. The van der Waals surface area contributed by atoms with Crippen LogP contribution < -0.4 is 0 Å². The highest BCUT2D eigenvalue weighted by atomic mass is 32.2. The lowest BCUT2D eigenvalue weighted by Gasteiger charge is -2.22. The Hall–Kier alpha value is -2.49. The third-order valence-corrected chi connectivity index (χ3v) is 7.22. The molecule has 0 bridgehead atoms. The van der Waals surface area contributed by atoms with Crippen molar-refractivity contribution in [2.24, 2.45) is 5.92 Å². The second-order valence-electron chi connectivity index (χ2n) is 7.49. The van der Waals surface area contributed by atoms with Gasteiger partial charge in [0, 0.05) is 50.4 Å². The van der Waals surface area contributed by atoms with Crippen LogP contribution in [0, 0.1) is 5.92 Å². The predicted octanol–water partition coefficient (Wildman–Crippen LogP) is 1.87. The summed E-state index contributed by atoms with van der Waals surface area (Å²) in [5, 5.41) is 4.26. The Morgan fingerprint density at radius 1 is 1.17 bits per heavy atom. The van der Waals surface area contributed by atoms with E-state index in [9.17, 15) is 8.42 Å². The Morgan fingerprint density at radius 3 is 2.79 bits per heavy atom. The molecule has 3 heterocycles. The van der Waals surface area contributed by atoms with Crippen LogP contribution in [-0.2, 0) is 21.3 Å².